The van der Waals surface area contributed by atoms with Gasteiger partial charge < -0.3 is 5.11 Å². The molecule has 2 heteroatoms. The molecule has 0 aliphatic heterocycles. The number of hydrogen-bond acceptors (Lipinski definition) is 1. The molecular formula is C16H22O2. The fourth-order valence-corrected chi connectivity index (χ4v) is 2.95. The van der Waals surface area contributed by atoms with Crippen LogP contribution in [-0.2, 0) is 4.79 Å². The van der Waals surface area contributed by atoms with Crippen LogP contribution in [0.25, 0.3) is 0 Å². The highest BCUT2D eigenvalue weighted by Crippen LogP contribution is 2.34. The third kappa shape index (κ3) is 3.34. The molecule has 0 aromatic rings. The van der Waals surface area contributed by atoms with Crippen molar-refractivity contribution in [3.05, 3.63) is 36.5 Å². The van der Waals surface area contributed by atoms with Gasteiger partial charge in [0.05, 0.1) is 5.92 Å². The summed E-state index contributed by atoms with van der Waals surface area (Å²) < 4.78 is 0. The molecule has 2 aliphatic carbocycles. The Morgan fingerprint density at radius 2 is 2.11 bits per heavy atom. The first-order valence-electron chi connectivity index (χ1n) is 6.91. The molecule has 2 rings (SSSR count). The maximum atomic E-state index is 10.9. The van der Waals surface area contributed by atoms with Gasteiger partial charge in [0.2, 0.25) is 0 Å². The molecule has 0 spiro atoms. The molecule has 1 N–H and O–H groups in total. The van der Waals surface area contributed by atoms with Crippen LogP contribution in [0.3, 0.4) is 0 Å². The molecule has 1 atom stereocenters. The van der Waals surface area contributed by atoms with Crippen molar-refractivity contribution in [3.8, 4) is 0 Å². The number of aliphatic carboxylic acids is 1. The number of carbonyl (C=O) groups is 1. The van der Waals surface area contributed by atoms with E-state index in [-0.39, 0.29) is 5.92 Å². The lowest BCUT2D eigenvalue weighted by atomic mass is 9.78. The second-order valence-electron chi connectivity index (χ2n) is 5.53. The summed E-state index contributed by atoms with van der Waals surface area (Å²) in [5, 5.41) is 8.97. The molecular weight excluding hydrogens is 224 g/mol. The van der Waals surface area contributed by atoms with Crippen molar-refractivity contribution in [1.82, 2.24) is 0 Å². The van der Waals surface area contributed by atoms with Crippen LogP contribution in [0.2, 0.25) is 0 Å². The maximum absolute atomic E-state index is 10.9. The van der Waals surface area contributed by atoms with Gasteiger partial charge in [0.1, 0.15) is 0 Å². The molecule has 1 unspecified atom stereocenters. The van der Waals surface area contributed by atoms with Crippen molar-refractivity contribution in [3.63, 3.8) is 0 Å². The second-order valence-corrected chi connectivity index (χ2v) is 5.53. The van der Waals surface area contributed by atoms with Crippen LogP contribution in [0.1, 0.15) is 38.5 Å². The standard InChI is InChI=1S/C16H22O2/c1-2-12-3-5-13(6-4-12)11-14-7-9-15(10-8-14)16(17)18/h2-3,5-6,12,14-15H,1,4,7-11H2,(H,17,18). The van der Waals surface area contributed by atoms with E-state index in [1.807, 2.05) is 6.08 Å². The van der Waals surface area contributed by atoms with E-state index in [1.165, 1.54) is 5.57 Å². The van der Waals surface area contributed by atoms with Gasteiger partial charge in [0.15, 0.2) is 0 Å². The molecule has 98 valence electrons. The SMILES string of the molecule is C=CC1C=CC(CC2CCC(C(=O)O)CC2)=CC1. The van der Waals surface area contributed by atoms with Crippen molar-refractivity contribution in [2.75, 3.05) is 0 Å². The lowest BCUT2D eigenvalue weighted by Crippen LogP contribution is -2.21. The molecule has 0 amide bonds. The van der Waals surface area contributed by atoms with Gasteiger partial charge in [-0.1, -0.05) is 29.9 Å². The van der Waals surface area contributed by atoms with Crippen molar-refractivity contribution in [1.29, 1.82) is 0 Å². The molecule has 0 radical (unpaired) electrons. The number of allylic oxidation sites excluding steroid dienone is 5. The highest BCUT2D eigenvalue weighted by atomic mass is 16.4. The molecule has 0 bridgehead atoms. The minimum absolute atomic E-state index is 0.0951. The Balaban J connectivity index is 1.79. The minimum atomic E-state index is -0.612. The summed E-state index contributed by atoms with van der Waals surface area (Å²) in [5.41, 5.74) is 1.42. The summed E-state index contributed by atoms with van der Waals surface area (Å²) in [5.74, 6) is 0.467. The zero-order valence-corrected chi connectivity index (χ0v) is 10.8. The Bertz CT molecular complexity index is 371. The first-order chi connectivity index (χ1) is 8.69. The lowest BCUT2D eigenvalue weighted by Gasteiger charge is -2.27. The zero-order chi connectivity index (χ0) is 13.0. The second kappa shape index (κ2) is 6.03. The summed E-state index contributed by atoms with van der Waals surface area (Å²) in [6.07, 6.45) is 14.8. The van der Waals surface area contributed by atoms with Gasteiger partial charge in [-0.2, -0.15) is 0 Å². The Labute approximate surface area is 109 Å². The van der Waals surface area contributed by atoms with Gasteiger partial charge in [-0.3, -0.25) is 4.79 Å². The van der Waals surface area contributed by atoms with Crippen LogP contribution in [0, 0.1) is 17.8 Å². The van der Waals surface area contributed by atoms with Crippen molar-refractivity contribution in [2.24, 2.45) is 17.8 Å². The fraction of sp³-hybridized carbons (Fsp3) is 0.562. The van der Waals surface area contributed by atoms with Gasteiger partial charge in [-0.15, -0.1) is 6.58 Å². The monoisotopic (exact) mass is 246 g/mol. The van der Waals surface area contributed by atoms with Gasteiger partial charge in [0.25, 0.3) is 0 Å². The van der Waals surface area contributed by atoms with Gasteiger partial charge >= 0.3 is 5.97 Å². The predicted molar refractivity (Wildman–Crippen MR) is 73.2 cm³/mol. The Morgan fingerprint density at radius 3 is 2.61 bits per heavy atom. The number of hydrogen-bond donors (Lipinski definition) is 1. The van der Waals surface area contributed by atoms with E-state index < -0.39 is 5.97 Å². The largest absolute Gasteiger partial charge is 0.481 e. The van der Waals surface area contributed by atoms with E-state index in [1.54, 1.807) is 0 Å². The average Bonchev–Trinajstić information content (AvgIpc) is 2.40. The van der Waals surface area contributed by atoms with Crippen molar-refractivity contribution < 1.29 is 9.90 Å². The molecule has 18 heavy (non-hydrogen) atoms. The Hall–Kier alpha value is -1.31. The van der Waals surface area contributed by atoms with Crippen LogP contribution in [0.5, 0.6) is 0 Å². The summed E-state index contributed by atoms with van der Waals surface area (Å²) >= 11 is 0. The summed E-state index contributed by atoms with van der Waals surface area (Å²) in [7, 11) is 0. The molecule has 2 aliphatic rings. The van der Waals surface area contributed by atoms with Crippen LogP contribution >= 0.6 is 0 Å². The van der Waals surface area contributed by atoms with E-state index >= 15 is 0 Å². The first kappa shape index (κ1) is 13.1. The summed E-state index contributed by atoms with van der Waals surface area (Å²) in [4.78, 5) is 10.9. The molecule has 1 fully saturated rings. The third-order valence-corrected chi connectivity index (χ3v) is 4.23. The van der Waals surface area contributed by atoms with Crippen LogP contribution in [0.15, 0.2) is 36.5 Å². The highest BCUT2D eigenvalue weighted by Gasteiger charge is 2.26. The van der Waals surface area contributed by atoms with E-state index in [4.69, 9.17) is 5.11 Å². The van der Waals surface area contributed by atoms with Gasteiger partial charge in [0, 0.05) is 0 Å². The molecule has 2 nitrogen and oxygen atoms in total. The van der Waals surface area contributed by atoms with Crippen molar-refractivity contribution in [2.45, 2.75) is 38.5 Å². The molecule has 0 saturated heterocycles. The topological polar surface area (TPSA) is 37.3 Å². The average molecular weight is 246 g/mol. The zero-order valence-electron chi connectivity index (χ0n) is 10.8. The number of carboxylic acids is 1. The Morgan fingerprint density at radius 1 is 1.39 bits per heavy atom. The fourth-order valence-electron chi connectivity index (χ4n) is 2.95. The molecule has 0 heterocycles. The number of carboxylic acid groups (broad SMARTS) is 1. The maximum Gasteiger partial charge on any atom is 0.306 e. The van der Waals surface area contributed by atoms with Crippen LogP contribution < -0.4 is 0 Å². The van der Waals surface area contributed by atoms with E-state index in [0.29, 0.717) is 11.8 Å². The van der Waals surface area contributed by atoms with E-state index in [9.17, 15) is 4.79 Å². The van der Waals surface area contributed by atoms with Crippen molar-refractivity contribution >= 4 is 5.97 Å². The highest BCUT2D eigenvalue weighted by molar-refractivity contribution is 5.69. The van der Waals surface area contributed by atoms with Crippen LogP contribution in [-0.4, -0.2) is 11.1 Å². The predicted octanol–water partition coefficient (Wildman–Crippen LogP) is 3.96. The molecule has 0 aromatic heterocycles. The molecule has 0 aromatic carbocycles. The van der Waals surface area contributed by atoms with E-state index in [2.05, 4.69) is 24.8 Å². The van der Waals surface area contributed by atoms with Gasteiger partial charge in [-0.25, -0.2) is 0 Å². The normalized spacial score (nSPS) is 31.8. The summed E-state index contributed by atoms with van der Waals surface area (Å²) in [6.45, 7) is 3.81. The number of rotatable bonds is 4. The Kier molecular flexibility index (Phi) is 4.40. The molecule has 1 saturated carbocycles. The van der Waals surface area contributed by atoms with E-state index in [0.717, 1.165) is 38.5 Å². The third-order valence-electron chi connectivity index (χ3n) is 4.23. The smallest absolute Gasteiger partial charge is 0.306 e. The summed E-state index contributed by atoms with van der Waals surface area (Å²) in [6, 6.07) is 0. The van der Waals surface area contributed by atoms with Crippen LogP contribution in [0.4, 0.5) is 0 Å². The van der Waals surface area contributed by atoms with Gasteiger partial charge in [-0.05, 0) is 50.4 Å². The minimum Gasteiger partial charge on any atom is -0.481 e. The lowest BCUT2D eigenvalue weighted by molar-refractivity contribution is -0.143. The first-order valence-corrected chi connectivity index (χ1v) is 6.91. The quantitative estimate of drug-likeness (QED) is 0.762.